The van der Waals surface area contributed by atoms with E-state index in [4.69, 9.17) is 10.3 Å². The summed E-state index contributed by atoms with van der Waals surface area (Å²) in [6.07, 6.45) is 2.92. The highest BCUT2D eigenvalue weighted by Crippen LogP contribution is 2.63. The molecular formula is C15H33N2O4P. The number of nitrogens with two attached hydrogens (primary N) is 1. The van der Waals surface area contributed by atoms with Crippen LogP contribution in [0.15, 0.2) is 12.7 Å². The highest BCUT2D eigenvalue weighted by atomic mass is 31.2. The molecule has 2 atom stereocenters. The Balaban J connectivity index is 5.69. The summed E-state index contributed by atoms with van der Waals surface area (Å²) >= 11 is 0. The molecule has 0 radical (unpaired) electrons. The predicted octanol–water partition coefficient (Wildman–Crippen LogP) is 2.31. The van der Waals surface area contributed by atoms with Crippen molar-refractivity contribution in [3.8, 4) is 0 Å². The van der Waals surface area contributed by atoms with Gasteiger partial charge in [0.1, 0.15) is 0 Å². The molecule has 22 heavy (non-hydrogen) atoms. The molecule has 0 heterocycles. The molecule has 132 valence electrons. The van der Waals surface area contributed by atoms with E-state index in [1.807, 2.05) is 27.7 Å². The Bertz CT molecular complexity index is 369. The molecule has 0 saturated carbocycles. The third-order valence-corrected chi connectivity index (χ3v) is 6.99. The highest BCUT2D eigenvalue weighted by Gasteiger charge is 2.53. The van der Waals surface area contributed by atoms with E-state index in [2.05, 4.69) is 6.58 Å². The van der Waals surface area contributed by atoms with Gasteiger partial charge in [0.25, 0.3) is 0 Å². The molecular weight excluding hydrogens is 303 g/mol. The van der Waals surface area contributed by atoms with Gasteiger partial charge in [0, 0.05) is 12.1 Å². The fraction of sp³-hybridized carbons (Fsp3) is 0.867. The number of rotatable bonds is 12. The van der Waals surface area contributed by atoms with Crippen LogP contribution in [0.2, 0.25) is 0 Å². The quantitative estimate of drug-likeness (QED) is 0.287. The molecule has 0 aromatic heterocycles. The van der Waals surface area contributed by atoms with Crippen LogP contribution in [0, 0.1) is 0 Å². The summed E-state index contributed by atoms with van der Waals surface area (Å²) in [7, 11) is -3.69. The van der Waals surface area contributed by atoms with Gasteiger partial charge >= 0.3 is 7.52 Å². The fourth-order valence-corrected chi connectivity index (χ4v) is 5.57. The minimum absolute atomic E-state index is 0.0480. The Morgan fingerprint density at radius 2 is 1.86 bits per heavy atom. The molecule has 4 N–H and O–H groups in total. The van der Waals surface area contributed by atoms with Crippen LogP contribution in [0.5, 0.6) is 0 Å². The Hall–Kier alpha value is -0.230. The van der Waals surface area contributed by atoms with Gasteiger partial charge in [-0.05, 0) is 53.5 Å². The summed E-state index contributed by atoms with van der Waals surface area (Å²) in [5, 5.41) is 18.8. The van der Waals surface area contributed by atoms with E-state index >= 15 is 0 Å². The van der Waals surface area contributed by atoms with Gasteiger partial charge in [0.05, 0.1) is 13.2 Å². The number of hydrogen-bond donors (Lipinski definition) is 3. The zero-order valence-corrected chi connectivity index (χ0v) is 15.3. The van der Waals surface area contributed by atoms with Crippen LogP contribution in [-0.4, -0.2) is 52.1 Å². The van der Waals surface area contributed by atoms with Crippen molar-refractivity contribution in [2.45, 2.75) is 64.4 Å². The number of nitrogens with zero attached hydrogens (tertiary/aromatic N) is 1. The number of hydrogen-bond acceptors (Lipinski definition) is 5. The summed E-state index contributed by atoms with van der Waals surface area (Å²) in [5.74, 6) is 0. The molecule has 0 bridgehead atoms. The monoisotopic (exact) mass is 336 g/mol. The van der Waals surface area contributed by atoms with Crippen LogP contribution in [0.25, 0.3) is 0 Å². The van der Waals surface area contributed by atoms with E-state index in [9.17, 15) is 14.8 Å². The van der Waals surface area contributed by atoms with Gasteiger partial charge in [-0.25, -0.2) is 4.67 Å². The standard InChI is InChI=1S/C15H33N2O4P/c1-6-11-21-22(20,17(13(2)3)14(4)5)15(19,12-18)9-7-8-10-16/h6,13-14,18-19H,1,7-12,16H2,2-5H3. The molecule has 2 unspecified atom stereocenters. The highest BCUT2D eigenvalue weighted by molar-refractivity contribution is 7.58. The second-order valence-electron chi connectivity index (χ2n) is 6.06. The van der Waals surface area contributed by atoms with Crippen LogP contribution in [-0.2, 0) is 9.09 Å². The third-order valence-electron chi connectivity index (χ3n) is 3.54. The van der Waals surface area contributed by atoms with E-state index in [1.54, 1.807) is 4.67 Å². The number of aliphatic hydroxyl groups is 2. The summed E-state index contributed by atoms with van der Waals surface area (Å²) in [4.78, 5) is 0. The second kappa shape index (κ2) is 9.81. The van der Waals surface area contributed by atoms with Crippen molar-refractivity contribution in [2.75, 3.05) is 19.8 Å². The van der Waals surface area contributed by atoms with Crippen molar-refractivity contribution in [2.24, 2.45) is 5.73 Å². The first-order valence-electron chi connectivity index (χ1n) is 7.87. The van der Waals surface area contributed by atoms with Gasteiger partial charge in [-0.2, -0.15) is 0 Å². The first kappa shape index (κ1) is 21.8. The van der Waals surface area contributed by atoms with E-state index in [1.165, 1.54) is 6.08 Å². The fourth-order valence-electron chi connectivity index (χ4n) is 2.62. The molecule has 0 aliphatic heterocycles. The molecule has 0 fully saturated rings. The molecule has 7 heteroatoms. The maximum atomic E-state index is 13.6. The van der Waals surface area contributed by atoms with Crippen LogP contribution >= 0.6 is 7.52 Å². The topological polar surface area (TPSA) is 96.0 Å². The zero-order valence-electron chi connectivity index (χ0n) is 14.4. The van der Waals surface area contributed by atoms with Crippen molar-refractivity contribution in [3.05, 3.63) is 12.7 Å². The summed E-state index contributed by atoms with van der Waals surface area (Å²) < 4.78 is 20.9. The van der Waals surface area contributed by atoms with Crippen molar-refractivity contribution in [3.63, 3.8) is 0 Å². The second-order valence-corrected chi connectivity index (χ2v) is 8.65. The minimum atomic E-state index is -3.69. The van der Waals surface area contributed by atoms with Crippen LogP contribution in [0.1, 0.15) is 47.0 Å². The largest absolute Gasteiger partial charge is 0.393 e. The minimum Gasteiger partial charge on any atom is -0.393 e. The molecule has 0 aromatic rings. The van der Waals surface area contributed by atoms with Crippen LogP contribution in [0.4, 0.5) is 0 Å². The molecule has 0 aliphatic carbocycles. The third kappa shape index (κ3) is 5.15. The Morgan fingerprint density at radius 3 is 2.23 bits per heavy atom. The van der Waals surface area contributed by atoms with Crippen molar-refractivity contribution in [1.29, 1.82) is 0 Å². The lowest BCUT2D eigenvalue weighted by Crippen LogP contribution is -2.46. The van der Waals surface area contributed by atoms with Gasteiger partial charge in [-0.15, -0.1) is 6.58 Å². The van der Waals surface area contributed by atoms with Gasteiger partial charge in [0.15, 0.2) is 5.34 Å². The molecule has 0 saturated heterocycles. The molecule has 0 aromatic carbocycles. The maximum Gasteiger partial charge on any atom is 0.306 e. The average molecular weight is 336 g/mol. The smallest absolute Gasteiger partial charge is 0.306 e. The summed E-state index contributed by atoms with van der Waals surface area (Å²) in [6.45, 7) is 11.0. The van der Waals surface area contributed by atoms with Gasteiger partial charge in [-0.1, -0.05) is 6.08 Å². The number of aliphatic hydroxyl groups excluding tert-OH is 1. The average Bonchev–Trinajstić information content (AvgIpc) is 2.44. The Morgan fingerprint density at radius 1 is 1.32 bits per heavy atom. The maximum absolute atomic E-state index is 13.6. The van der Waals surface area contributed by atoms with E-state index in [-0.39, 0.29) is 25.1 Å². The molecule has 6 nitrogen and oxygen atoms in total. The van der Waals surface area contributed by atoms with Crippen molar-refractivity contribution >= 4 is 7.52 Å². The lowest BCUT2D eigenvalue weighted by atomic mass is 10.1. The zero-order chi connectivity index (χ0) is 17.4. The van der Waals surface area contributed by atoms with E-state index in [0.717, 1.165) is 0 Å². The molecule has 0 aliphatic rings. The number of unbranched alkanes of at least 4 members (excludes halogenated alkanes) is 1. The first-order valence-corrected chi connectivity index (χ1v) is 9.45. The van der Waals surface area contributed by atoms with Crippen LogP contribution < -0.4 is 5.73 Å². The van der Waals surface area contributed by atoms with Gasteiger partial charge in [0.2, 0.25) is 0 Å². The summed E-state index contributed by atoms with van der Waals surface area (Å²) in [6, 6.07) is -0.216. The van der Waals surface area contributed by atoms with Crippen molar-refractivity contribution in [1.82, 2.24) is 4.67 Å². The lowest BCUT2D eigenvalue weighted by molar-refractivity contribution is 0.0185. The van der Waals surface area contributed by atoms with Gasteiger partial charge in [-0.3, -0.25) is 4.57 Å². The van der Waals surface area contributed by atoms with Crippen LogP contribution in [0.3, 0.4) is 0 Å². The lowest BCUT2D eigenvalue weighted by Gasteiger charge is -2.44. The predicted molar refractivity (Wildman–Crippen MR) is 90.8 cm³/mol. The first-order chi connectivity index (χ1) is 10.2. The molecule has 0 amide bonds. The normalized spacial score (nSPS) is 17.7. The Labute approximate surface area is 134 Å². The van der Waals surface area contributed by atoms with E-state index in [0.29, 0.717) is 19.4 Å². The molecule has 0 rings (SSSR count). The SMILES string of the molecule is C=CCOP(=O)(N(C(C)C)C(C)C)C(O)(CO)CCCCN. The molecule has 0 spiro atoms. The van der Waals surface area contributed by atoms with Gasteiger partial charge < -0.3 is 20.5 Å². The summed E-state index contributed by atoms with van der Waals surface area (Å²) in [5.41, 5.74) is 5.48. The van der Waals surface area contributed by atoms with E-state index < -0.39 is 19.5 Å². The van der Waals surface area contributed by atoms with Crippen molar-refractivity contribution < 1.29 is 19.3 Å². The Kier molecular flexibility index (Phi) is 9.71.